The van der Waals surface area contributed by atoms with Crippen molar-refractivity contribution in [3.05, 3.63) is 23.8 Å². The SMILES string of the molecule is CCCOS(=O)(=O)c1ccc(C)c(O)c1. The van der Waals surface area contributed by atoms with Crippen LogP contribution in [0.2, 0.25) is 0 Å². The van der Waals surface area contributed by atoms with E-state index in [9.17, 15) is 13.5 Å². The predicted octanol–water partition coefficient (Wildman–Crippen LogP) is 1.82. The van der Waals surface area contributed by atoms with Crippen molar-refractivity contribution >= 4 is 10.1 Å². The number of phenols is 1. The van der Waals surface area contributed by atoms with E-state index in [-0.39, 0.29) is 17.3 Å². The van der Waals surface area contributed by atoms with Gasteiger partial charge in [-0.25, -0.2) is 0 Å². The largest absolute Gasteiger partial charge is 0.508 e. The van der Waals surface area contributed by atoms with E-state index in [1.807, 2.05) is 6.92 Å². The molecule has 0 aromatic heterocycles. The minimum Gasteiger partial charge on any atom is -0.508 e. The number of aryl methyl sites for hydroxylation is 1. The van der Waals surface area contributed by atoms with Gasteiger partial charge in [-0.05, 0) is 25.0 Å². The number of rotatable bonds is 4. The summed E-state index contributed by atoms with van der Waals surface area (Å²) < 4.78 is 27.8. The highest BCUT2D eigenvalue weighted by atomic mass is 32.2. The fraction of sp³-hybridized carbons (Fsp3) is 0.400. The maximum Gasteiger partial charge on any atom is 0.297 e. The highest BCUT2D eigenvalue weighted by molar-refractivity contribution is 7.86. The Labute approximate surface area is 89.6 Å². The minimum atomic E-state index is -3.72. The second-order valence-electron chi connectivity index (χ2n) is 3.22. The Morgan fingerprint density at radius 3 is 2.60 bits per heavy atom. The van der Waals surface area contributed by atoms with Crippen molar-refractivity contribution in [1.82, 2.24) is 0 Å². The molecular formula is C10H14O4S. The van der Waals surface area contributed by atoms with E-state index in [0.717, 1.165) is 0 Å². The van der Waals surface area contributed by atoms with Crippen LogP contribution in [0.15, 0.2) is 23.1 Å². The lowest BCUT2D eigenvalue weighted by Crippen LogP contribution is -2.07. The summed E-state index contributed by atoms with van der Waals surface area (Å²) in [6, 6.07) is 4.15. The molecule has 1 aromatic carbocycles. The van der Waals surface area contributed by atoms with Crippen LogP contribution in [0.5, 0.6) is 5.75 Å². The van der Waals surface area contributed by atoms with E-state index >= 15 is 0 Å². The average Bonchev–Trinajstić information content (AvgIpc) is 2.19. The molecule has 0 atom stereocenters. The standard InChI is InChI=1S/C10H14O4S/c1-3-6-14-15(12,13)9-5-4-8(2)10(11)7-9/h4-5,7,11H,3,6H2,1-2H3. The molecule has 15 heavy (non-hydrogen) atoms. The van der Waals surface area contributed by atoms with Gasteiger partial charge in [0, 0.05) is 6.07 Å². The van der Waals surface area contributed by atoms with Crippen molar-refractivity contribution in [2.75, 3.05) is 6.61 Å². The van der Waals surface area contributed by atoms with Gasteiger partial charge in [-0.15, -0.1) is 0 Å². The Hall–Kier alpha value is -1.07. The first kappa shape index (κ1) is 12.0. The Bertz CT molecular complexity index is 437. The molecule has 1 N–H and O–H groups in total. The molecule has 1 rings (SSSR count). The quantitative estimate of drug-likeness (QED) is 0.801. The molecule has 0 saturated heterocycles. The number of hydrogen-bond donors (Lipinski definition) is 1. The van der Waals surface area contributed by atoms with E-state index in [1.165, 1.54) is 18.2 Å². The van der Waals surface area contributed by atoms with Gasteiger partial charge < -0.3 is 5.11 Å². The van der Waals surface area contributed by atoms with Crippen molar-refractivity contribution in [3.63, 3.8) is 0 Å². The third kappa shape index (κ3) is 2.94. The molecule has 0 heterocycles. The third-order valence-corrected chi connectivity index (χ3v) is 3.22. The molecule has 0 saturated carbocycles. The summed E-state index contributed by atoms with van der Waals surface area (Å²) in [5.74, 6) is -0.0452. The lowest BCUT2D eigenvalue weighted by atomic mass is 10.2. The predicted molar refractivity (Wildman–Crippen MR) is 56.3 cm³/mol. The first-order valence-electron chi connectivity index (χ1n) is 4.66. The maximum atomic E-state index is 11.5. The zero-order valence-electron chi connectivity index (χ0n) is 8.73. The number of phenolic OH excluding ortho intramolecular Hbond substituents is 1. The van der Waals surface area contributed by atoms with Crippen LogP contribution in [0.4, 0.5) is 0 Å². The lowest BCUT2D eigenvalue weighted by Gasteiger charge is -2.05. The zero-order valence-corrected chi connectivity index (χ0v) is 9.54. The van der Waals surface area contributed by atoms with Gasteiger partial charge in [0.05, 0.1) is 11.5 Å². The maximum absolute atomic E-state index is 11.5. The van der Waals surface area contributed by atoms with E-state index in [2.05, 4.69) is 0 Å². The van der Waals surface area contributed by atoms with Gasteiger partial charge in [0.15, 0.2) is 0 Å². The Kier molecular flexibility index (Phi) is 3.71. The lowest BCUT2D eigenvalue weighted by molar-refractivity contribution is 0.317. The Morgan fingerprint density at radius 1 is 1.40 bits per heavy atom. The Balaban J connectivity index is 3.00. The molecule has 0 fully saturated rings. The van der Waals surface area contributed by atoms with Gasteiger partial charge in [-0.1, -0.05) is 13.0 Å². The smallest absolute Gasteiger partial charge is 0.297 e. The van der Waals surface area contributed by atoms with E-state index in [4.69, 9.17) is 4.18 Å². The highest BCUT2D eigenvalue weighted by Gasteiger charge is 2.15. The molecule has 84 valence electrons. The van der Waals surface area contributed by atoms with Crippen LogP contribution in [0.25, 0.3) is 0 Å². The van der Waals surface area contributed by atoms with Crippen LogP contribution in [0.3, 0.4) is 0 Å². The minimum absolute atomic E-state index is 0.0148. The second kappa shape index (κ2) is 4.63. The summed E-state index contributed by atoms with van der Waals surface area (Å²) >= 11 is 0. The van der Waals surface area contributed by atoms with Gasteiger partial charge in [0.25, 0.3) is 10.1 Å². The molecule has 0 bridgehead atoms. The molecule has 0 aliphatic rings. The van der Waals surface area contributed by atoms with E-state index in [0.29, 0.717) is 12.0 Å². The normalized spacial score (nSPS) is 11.6. The van der Waals surface area contributed by atoms with Gasteiger partial charge in [-0.2, -0.15) is 8.42 Å². The van der Waals surface area contributed by atoms with Crippen molar-refractivity contribution in [1.29, 1.82) is 0 Å². The Morgan fingerprint density at radius 2 is 2.07 bits per heavy atom. The molecule has 0 spiro atoms. The fourth-order valence-electron chi connectivity index (χ4n) is 1.01. The monoisotopic (exact) mass is 230 g/mol. The van der Waals surface area contributed by atoms with Gasteiger partial charge in [0.1, 0.15) is 5.75 Å². The summed E-state index contributed by atoms with van der Waals surface area (Å²) in [4.78, 5) is -0.0148. The fourth-order valence-corrected chi connectivity index (χ4v) is 2.02. The molecule has 1 aromatic rings. The summed E-state index contributed by atoms with van der Waals surface area (Å²) in [5, 5.41) is 9.37. The number of hydrogen-bond acceptors (Lipinski definition) is 4. The molecule has 0 radical (unpaired) electrons. The van der Waals surface area contributed by atoms with Gasteiger partial charge >= 0.3 is 0 Å². The molecule has 0 aliphatic heterocycles. The number of benzene rings is 1. The average molecular weight is 230 g/mol. The van der Waals surface area contributed by atoms with Crippen molar-refractivity contribution < 1.29 is 17.7 Å². The first-order valence-corrected chi connectivity index (χ1v) is 6.07. The molecule has 4 nitrogen and oxygen atoms in total. The molecule has 0 amide bonds. The van der Waals surface area contributed by atoms with Gasteiger partial charge in [-0.3, -0.25) is 4.18 Å². The van der Waals surface area contributed by atoms with Crippen LogP contribution >= 0.6 is 0 Å². The highest BCUT2D eigenvalue weighted by Crippen LogP contribution is 2.22. The first-order chi connectivity index (χ1) is 6.97. The third-order valence-electron chi connectivity index (χ3n) is 1.91. The molecule has 0 aliphatic carbocycles. The summed E-state index contributed by atoms with van der Waals surface area (Å²) in [7, 11) is -3.72. The van der Waals surface area contributed by atoms with Crippen molar-refractivity contribution in [3.8, 4) is 5.75 Å². The van der Waals surface area contributed by atoms with Crippen LogP contribution in [-0.2, 0) is 14.3 Å². The van der Waals surface area contributed by atoms with Crippen molar-refractivity contribution in [2.45, 2.75) is 25.2 Å². The molecule has 5 heteroatoms. The van der Waals surface area contributed by atoms with Crippen LogP contribution in [-0.4, -0.2) is 20.1 Å². The van der Waals surface area contributed by atoms with Crippen molar-refractivity contribution in [2.24, 2.45) is 0 Å². The zero-order chi connectivity index (χ0) is 11.5. The topological polar surface area (TPSA) is 63.6 Å². The van der Waals surface area contributed by atoms with E-state index in [1.54, 1.807) is 6.92 Å². The van der Waals surface area contributed by atoms with Gasteiger partial charge in [0.2, 0.25) is 0 Å². The number of aromatic hydroxyl groups is 1. The van der Waals surface area contributed by atoms with Crippen LogP contribution in [0, 0.1) is 6.92 Å². The molecular weight excluding hydrogens is 216 g/mol. The second-order valence-corrected chi connectivity index (χ2v) is 4.84. The summed E-state index contributed by atoms with van der Waals surface area (Å²) in [6.07, 6.45) is 0.622. The van der Waals surface area contributed by atoms with Crippen LogP contribution in [0.1, 0.15) is 18.9 Å². The summed E-state index contributed by atoms with van der Waals surface area (Å²) in [5.41, 5.74) is 0.629. The molecule has 0 unspecified atom stereocenters. The van der Waals surface area contributed by atoms with Crippen LogP contribution < -0.4 is 0 Å². The summed E-state index contributed by atoms with van der Waals surface area (Å²) in [6.45, 7) is 3.66. The van der Waals surface area contributed by atoms with E-state index < -0.39 is 10.1 Å².